The van der Waals surface area contributed by atoms with E-state index in [1.165, 1.54) is 8.61 Å². The van der Waals surface area contributed by atoms with Crippen LogP contribution in [0.4, 0.5) is 0 Å². The van der Waals surface area contributed by atoms with E-state index in [0.717, 1.165) is 18.4 Å². The first-order chi connectivity index (χ1) is 11.0. The van der Waals surface area contributed by atoms with Crippen LogP contribution < -0.4 is 0 Å². The van der Waals surface area contributed by atoms with Gasteiger partial charge < -0.3 is 4.52 Å². The fourth-order valence-electron chi connectivity index (χ4n) is 2.73. The third kappa shape index (κ3) is 3.63. The summed E-state index contributed by atoms with van der Waals surface area (Å²) in [5, 5.41) is 7.94. The predicted octanol–water partition coefficient (Wildman–Crippen LogP) is 1.86. The molecule has 2 aromatic rings. The zero-order valence-electron chi connectivity index (χ0n) is 13.2. The number of piperidine rings is 1. The van der Waals surface area contributed by atoms with Crippen LogP contribution in [0.3, 0.4) is 0 Å². The topological polar surface area (TPSA) is 79.5 Å². The third-order valence-corrected chi connectivity index (χ3v) is 6.57. The molecule has 0 aromatic carbocycles. The Labute approximate surface area is 140 Å². The monoisotopic (exact) mass is 356 g/mol. The highest BCUT2D eigenvalue weighted by Crippen LogP contribution is 2.24. The first-order valence-corrected chi connectivity index (χ1v) is 9.83. The van der Waals surface area contributed by atoms with Crippen molar-refractivity contribution in [3.05, 3.63) is 22.7 Å². The Bertz CT molecular complexity index is 740. The van der Waals surface area contributed by atoms with Crippen LogP contribution >= 0.6 is 11.3 Å². The molecule has 0 saturated carbocycles. The smallest absolute Gasteiger partial charge is 0.281 e. The molecule has 9 heteroatoms. The van der Waals surface area contributed by atoms with E-state index in [9.17, 15) is 8.42 Å². The van der Waals surface area contributed by atoms with E-state index in [1.807, 2.05) is 16.8 Å². The van der Waals surface area contributed by atoms with Crippen molar-refractivity contribution in [3.63, 3.8) is 0 Å². The Morgan fingerprint density at radius 3 is 3.00 bits per heavy atom. The largest absolute Gasteiger partial charge is 0.339 e. The second-order valence-electron chi connectivity index (χ2n) is 5.88. The molecule has 0 aliphatic carbocycles. The molecule has 0 spiro atoms. The zero-order valence-corrected chi connectivity index (χ0v) is 14.8. The Kier molecular flexibility index (Phi) is 4.81. The van der Waals surface area contributed by atoms with E-state index >= 15 is 0 Å². The molecule has 3 rings (SSSR count). The molecule has 1 aliphatic rings. The van der Waals surface area contributed by atoms with Gasteiger partial charge in [-0.2, -0.15) is 33.3 Å². The van der Waals surface area contributed by atoms with Crippen LogP contribution in [0.2, 0.25) is 0 Å². The van der Waals surface area contributed by atoms with Gasteiger partial charge in [0.2, 0.25) is 11.7 Å². The van der Waals surface area contributed by atoms with Crippen LogP contribution in [-0.4, -0.2) is 54.4 Å². The standard InChI is InChI=1S/C14H20N4O3S2/c1-17(2)23(19,20)18-6-3-4-11(9-18)8-13-15-14(16-21-13)12-5-7-22-10-12/h5,7,10-11H,3-4,6,8-9H2,1-2H3. The summed E-state index contributed by atoms with van der Waals surface area (Å²) in [4.78, 5) is 4.42. The van der Waals surface area contributed by atoms with Gasteiger partial charge in [0.05, 0.1) is 0 Å². The minimum Gasteiger partial charge on any atom is -0.339 e. The van der Waals surface area contributed by atoms with Gasteiger partial charge in [-0.15, -0.1) is 0 Å². The van der Waals surface area contributed by atoms with Crippen molar-refractivity contribution in [2.24, 2.45) is 5.92 Å². The molecule has 1 unspecified atom stereocenters. The molecule has 1 atom stereocenters. The highest BCUT2D eigenvalue weighted by molar-refractivity contribution is 7.86. The van der Waals surface area contributed by atoms with Gasteiger partial charge in [0, 0.05) is 44.5 Å². The lowest BCUT2D eigenvalue weighted by molar-refractivity contribution is 0.238. The zero-order chi connectivity index (χ0) is 16.4. The molecule has 23 heavy (non-hydrogen) atoms. The van der Waals surface area contributed by atoms with E-state index in [-0.39, 0.29) is 5.92 Å². The molecule has 2 aromatic heterocycles. The summed E-state index contributed by atoms with van der Waals surface area (Å²) in [7, 11) is -0.235. The fourth-order valence-corrected chi connectivity index (χ4v) is 4.58. The van der Waals surface area contributed by atoms with Crippen molar-refractivity contribution >= 4 is 21.5 Å². The first-order valence-electron chi connectivity index (χ1n) is 7.49. The maximum Gasteiger partial charge on any atom is 0.281 e. The van der Waals surface area contributed by atoms with E-state index < -0.39 is 10.2 Å². The molecule has 1 fully saturated rings. The van der Waals surface area contributed by atoms with Crippen molar-refractivity contribution in [1.82, 2.24) is 18.8 Å². The lowest BCUT2D eigenvalue weighted by Gasteiger charge is -2.32. The van der Waals surface area contributed by atoms with Gasteiger partial charge in [0.25, 0.3) is 10.2 Å². The van der Waals surface area contributed by atoms with E-state index in [2.05, 4.69) is 10.1 Å². The SMILES string of the molecule is CN(C)S(=O)(=O)N1CCCC(Cc2nc(-c3ccsc3)no2)C1. The molecule has 0 N–H and O–H groups in total. The summed E-state index contributed by atoms with van der Waals surface area (Å²) in [6, 6.07) is 1.95. The Morgan fingerprint density at radius 1 is 1.48 bits per heavy atom. The minimum absolute atomic E-state index is 0.203. The van der Waals surface area contributed by atoms with Crippen LogP contribution in [0.5, 0.6) is 0 Å². The van der Waals surface area contributed by atoms with Gasteiger partial charge in [-0.05, 0) is 30.2 Å². The van der Waals surface area contributed by atoms with Gasteiger partial charge in [0.15, 0.2) is 0 Å². The van der Waals surface area contributed by atoms with E-state index in [0.29, 0.717) is 31.2 Å². The Hall–Kier alpha value is -1.29. The van der Waals surface area contributed by atoms with Crippen LogP contribution in [0, 0.1) is 5.92 Å². The number of hydrogen-bond acceptors (Lipinski definition) is 6. The van der Waals surface area contributed by atoms with Crippen LogP contribution in [0.15, 0.2) is 21.3 Å². The van der Waals surface area contributed by atoms with Gasteiger partial charge in [-0.3, -0.25) is 0 Å². The third-order valence-electron chi connectivity index (χ3n) is 3.98. The second kappa shape index (κ2) is 6.68. The molecular formula is C14H20N4O3S2. The number of rotatable bonds is 5. The average Bonchev–Trinajstić information content (AvgIpc) is 3.18. The Balaban J connectivity index is 1.66. The maximum atomic E-state index is 12.2. The van der Waals surface area contributed by atoms with Crippen LogP contribution in [0.1, 0.15) is 18.7 Å². The van der Waals surface area contributed by atoms with Crippen LogP contribution in [0.25, 0.3) is 11.4 Å². The average molecular weight is 356 g/mol. The van der Waals surface area contributed by atoms with Gasteiger partial charge in [0.1, 0.15) is 0 Å². The summed E-state index contributed by atoms with van der Waals surface area (Å²) in [5.41, 5.74) is 0.949. The minimum atomic E-state index is -3.35. The molecule has 0 amide bonds. The molecule has 7 nitrogen and oxygen atoms in total. The fraction of sp³-hybridized carbons (Fsp3) is 0.571. The van der Waals surface area contributed by atoms with Crippen molar-refractivity contribution in [3.8, 4) is 11.4 Å². The molecule has 1 saturated heterocycles. The Morgan fingerprint density at radius 2 is 2.30 bits per heavy atom. The summed E-state index contributed by atoms with van der Waals surface area (Å²) < 4.78 is 32.6. The lowest BCUT2D eigenvalue weighted by Crippen LogP contribution is -2.45. The van der Waals surface area contributed by atoms with Gasteiger partial charge in [-0.1, -0.05) is 5.16 Å². The summed E-state index contributed by atoms with van der Waals surface area (Å²) >= 11 is 1.59. The highest BCUT2D eigenvalue weighted by Gasteiger charge is 2.31. The van der Waals surface area contributed by atoms with Crippen molar-refractivity contribution < 1.29 is 12.9 Å². The number of aromatic nitrogens is 2. The molecular weight excluding hydrogens is 336 g/mol. The molecule has 1 aliphatic heterocycles. The second-order valence-corrected chi connectivity index (χ2v) is 8.81. The summed E-state index contributed by atoms with van der Waals surface area (Å²) in [5.74, 6) is 1.37. The van der Waals surface area contributed by atoms with Gasteiger partial charge in [-0.25, -0.2) is 0 Å². The molecule has 0 bridgehead atoms. The van der Waals surface area contributed by atoms with Crippen molar-refractivity contribution in [2.45, 2.75) is 19.3 Å². The number of nitrogens with zero attached hydrogens (tertiary/aromatic N) is 4. The van der Waals surface area contributed by atoms with E-state index in [4.69, 9.17) is 4.52 Å². The van der Waals surface area contributed by atoms with Crippen molar-refractivity contribution in [1.29, 1.82) is 0 Å². The van der Waals surface area contributed by atoms with E-state index in [1.54, 1.807) is 25.4 Å². The maximum absolute atomic E-state index is 12.2. The normalized spacial score (nSPS) is 20.2. The summed E-state index contributed by atoms with van der Waals surface area (Å²) in [6.07, 6.45) is 2.43. The molecule has 126 valence electrons. The predicted molar refractivity (Wildman–Crippen MR) is 88.2 cm³/mol. The quantitative estimate of drug-likeness (QED) is 0.817. The van der Waals surface area contributed by atoms with Crippen molar-refractivity contribution in [2.75, 3.05) is 27.2 Å². The lowest BCUT2D eigenvalue weighted by atomic mass is 9.96. The van der Waals surface area contributed by atoms with Gasteiger partial charge >= 0.3 is 0 Å². The highest BCUT2D eigenvalue weighted by atomic mass is 32.2. The van der Waals surface area contributed by atoms with Crippen LogP contribution in [-0.2, 0) is 16.6 Å². The first kappa shape index (κ1) is 16.6. The molecule has 3 heterocycles. The number of thiophene rings is 1. The number of hydrogen-bond donors (Lipinski definition) is 0. The summed E-state index contributed by atoms with van der Waals surface area (Å²) in [6.45, 7) is 1.07. The molecule has 0 radical (unpaired) electrons.